The minimum atomic E-state index is -0.269. The molecule has 0 unspecified atom stereocenters. The molecule has 1 aliphatic rings. The summed E-state index contributed by atoms with van der Waals surface area (Å²) in [7, 11) is 0. The minimum Gasteiger partial charge on any atom is -0.449 e. The number of nitrogens with zero attached hydrogens (tertiary/aromatic N) is 1. The topological polar surface area (TPSA) is 49.8 Å². The van der Waals surface area contributed by atoms with E-state index in [9.17, 15) is 4.79 Å². The number of aliphatic hydroxyl groups is 1. The Labute approximate surface area is 84.8 Å². The standard InChI is InChI=1S/C10H19NO3/c1-2-3-7-14-10(13)11-6-4-5-9(11)8-12/h9,12H,2-8H2,1H3/t9-/m0/s1. The molecule has 4 heteroatoms. The summed E-state index contributed by atoms with van der Waals surface area (Å²) in [6.07, 6.45) is 3.52. The van der Waals surface area contributed by atoms with Crippen molar-refractivity contribution in [2.45, 2.75) is 38.6 Å². The summed E-state index contributed by atoms with van der Waals surface area (Å²) >= 11 is 0. The van der Waals surface area contributed by atoms with Crippen LogP contribution in [-0.4, -0.2) is 41.9 Å². The average molecular weight is 201 g/mol. The molecule has 1 aliphatic heterocycles. The Kier molecular flexibility index (Phi) is 4.73. The zero-order valence-electron chi connectivity index (χ0n) is 8.74. The Hall–Kier alpha value is -0.770. The van der Waals surface area contributed by atoms with Gasteiger partial charge in [-0.3, -0.25) is 0 Å². The summed E-state index contributed by atoms with van der Waals surface area (Å²) < 4.78 is 5.07. The number of aliphatic hydroxyl groups excluding tert-OH is 1. The SMILES string of the molecule is CCCCOC(=O)N1CCC[C@H]1CO. The summed E-state index contributed by atoms with van der Waals surface area (Å²) in [6, 6.07) is -0.0240. The Balaban J connectivity index is 2.28. The molecule has 4 nitrogen and oxygen atoms in total. The molecule has 0 saturated carbocycles. The number of carbonyl (C=O) groups is 1. The van der Waals surface area contributed by atoms with Crippen LogP contribution in [0, 0.1) is 0 Å². The fraction of sp³-hybridized carbons (Fsp3) is 0.900. The molecule has 0 spiro atoms. The molecule has 1 rings (SSSR count). The maximum Gasteiger partial charge on any atom is 0.410 e. The highest BCUT2D eigenvalue weighted by Gasteiger charge is 2.28. The molecule has 1 amide bonds. The van der Waals surface area contributed by atoms with E-state index in [2.05, 4.69) is 6.92 Å². The summed E-state index contributed by atoms with van der Waals surface area (Å²) in [5, 5.41) is 9.01. The second-order valence-electron chi connectivity index (χ2n) is 3.64. The Morgan fingerprint density at radius 1 is 1.64 bits per heavy atom. The van der Waals surface area contributed by atoms with E-state index in [1.54, 1.807) is 4.90 Å². The lowest BCUT2D eigenvalue weighted by Gasteiger charge is -2.22. The molecule has 1 fully saturated rings. The highest BCUT2D eigenvalue weighted by molar-refractivity contribution is 5.68. The zero-order valence-corrected chi connectivity index (χ0v) is 8.74. The van der Waals surface area contributed by atoms with Gasteiger partial charge in [0.2, 0.25) is 0 Å². The fourth-order valence-electron chi connectivity index (χ4n) is 1.65. The number of amides is 1. The number of unbranched alkanes of at least 4 members (excludes halogenated alkanes) is 1. The lowest BCUT2D eigenvalue weighted by molar-refractivity contribution is 0.0837. The number of hydrogen-bond acceptors (Lipinski definition) is 3. The molecular formula is C10H19NO3. The van der Waals surface area contributed by atoms with Gasteiger partial charge in [-0.15, -0.1) is 0 Å². The highest BCUT2D eigenvalue weighted by Crippen LogP contribution is 2.17. The van der Waals surface area contributed by atoms with Gasteiger partial charge in [-0.1, -0.05) is 13.3 Å². The van der Waals surface area contributed by atoms with Crippen molar-refractivity contribution in [3.05, 3.63) is 0 Å². The van der Waals surface area contributed by atoms with Crippen LogP contribution < -0.4 is 0 Å². The normalized spacial score (nSPS) is 21.3. The predicted molar refractivity (Wildman–Crippen MR) is 53.1 cm³/mol. The number of hydrogen-bond donors (Lipinski definition) is 1. The molecule has 0 aliphatic carbocycles. The summed E-state index contributed by atoms with van der Waals surface area (Å²) in [6.45, 7) is 3.31. The molecule has 1 N–H and O–H groups in total. The molecule has 0 bridgehead atoms. The van der Waals surface area contributed by atoms with Gasteiger partial charge in [-0.2, -0.15) is 0 Å². The van der Waals surface area contributed by atoms with Crippen molar-refractivity contribution < 1.29 is 14.6 Å². The lowest BCUT2D eigenvalue weighted by atomic mass is 10.2. The van der Waals surface area contributed by atoms with Crippen LogP contribution in [0.5, 0.6) is 0 Å². The Morgan fingerprint density at radius 2 is 2.43 bits per heavy atom. The van der Waals surface area contributed by atoms with Gasteiger partial charge in [-0.05, 0) is 19.3 Å². The van der Waals surface area contributed by atoms with Crippen molar-refractivity contribution in [1.29, 1.82) is 0 Å². The van der Waals surface area contributed by atoms with Crippen LogP contribution in [0.3, 0.4) is 0 Å². The lowest BCUT2D eigenvalue weighted by Crippen LogP contribution is -2.38. The summed E-state index contributed by atoms with van der Waals surface area (Å²) in [4.78, 5) is 13.1. The number of carbonyl (C=O) groups excluding carboxylic acids is 1. The van der Waals surface area contributed by atoms with E-state index in [-0.39, 0.29) is 18.7 Å². The van der Waals surface area contributed by atoms with Gasteiger partial charge >= 0.3 is 6.09 Å². The molecule has 14 heavy (non-hydrogen) atoms. The first kappa shape index (κ1) is 11.3. The van der Waals surface area contributed by atoms with Gasteiger partial charge in [0.25, 0.3) is 0 Å². The molecule has 0 aromatic rings. The predicted octanol–water partition coefficient (Wildman–Crippen LogP) is 1.38. The van der Waals surface area contributed by atoms with Gasteiger partial charge in [0, 0.05) is 6.54 Å². The number of rotatable bonds is 4. The molecule has 1 saturated heterocycles. The molecule has 0 aromatic heterocycles. The molecular weight excluding hydrogens is 182 g/mol. The molecule has 0 aromatic carbocycles. The quantitative estimate of drug-likeness (QED) is 0.699. The monoisotopic (exact) mass is 201 g/mol. The van der Waals surface area contributed by atoms with Crippen molar-refractivity contribution in [3.8, 4) is 0 Å². The number of likely N-dealkylation sites (tertiary alicyclic amines) is 1. The Morgan fingerprint density at radius 3 is 3.07 bits per heavy atom. The van der Waals surface area contributed by atoms with Gasteiger partial charge in [-0.25, -0.2) is 4.79 Å². The zero-order chi connectivity index (χ0) is 10.4. The molecule has 1 atom stereocenters. The van der Waals surface area contributed by atoms with Crippen LogP contribution in [0.4, 0.5) is 4.79 Å². The second kappa shape index (κ2) is 5.86. The van der Waals surface area contributed by atoms with Gasteiger partial charge in [0.15, 0.2) is 0 Å². The van der Waals surface area contributed by atoms with E-state index in [0.29, 0.717) is 6.61 Å². The summed E-state index contributed by atoms with van der Waals surface area (Å²) in [5.41, 5.74) is 0. The van der Waals surface area contributed by atoms with Crippen LogP contribution in [0.1, 0.15) is 32.6 Å². The van der Waals surface area contributed by atoms with Crippen LogP contribution in [0.15, 0.2) is 0 Å². The highest BCUT2D eigenvalue weighted by atomic mass is 16.6. The van der Waals surface area contributed by atoms with E-state index in [4.69, 9.17) is 9.84 Å². The molecule has 1 heterocycles. The van der Waals surface area contributed by atoms with Crippen molar-refractivity contribution in [1.82, 2.24) is 4.90 Å². The van der Waals surface area contributed by atoms with E-state index in [1.807, 2.05) is 0 Å². The minimum absolute atomic E-state index is 0.0240. The van der Waals surface area contributed by atoms with Crippen molar-refractivity contribution in [2.75, 3.05) is 19.8 Å². The maximum atomic E-state index is 11.5. The van der Waals surface area contributed by atoms with E-state index >= 15 is 0 Å². The molecule has 0 radical (unpaired) electrons. The van der Waals surface area contributed by atoms with E-state index in [0.717, 1.165) is 32.2 Å². The van der Waals surface area contributed by atoms with E-state index < -0.39 is 0 Å². The fourth-order valence-corrected chi connectivity index (χ4v) is 1.65. The van der Waals surface area contributed by atoms with Crippen LogP contribution in [0.25, 0.3) is 0 Å². The maximum absolute atomic E-state index is 11.5. The van der Waals surface area contributed by atoms with Crippen LogP contribution in [0.2, 0.25) is 0 Å². The largest absolute Gasteiger partial charge is 0.449 e. The van der Waals surface area contributed by atoms with Crippen molar-refractivity contribution in [3.63, 3.8) is 0 Å². The third-order valence-electron chi connectivity index (χ3n) is 2.55. The van der Waals surface area contributed by atoms with Crippen LogP contribution in [-0.2, 0) is 4.74 Å². The van der Waals surface area contributed by atoms with Gasteiger partial charge in [0.05, 0.1) is 19.3 Å². The average Bonchev–Trinajstić information content (AvgIpc) is 2.65. The smallest absolute Gasteiger partial charge is 0.410 e. The second-order valence-corrected chi connectivity index (χ2v) is 3.64. The summed E-state index contributed by atoms with van der Waals surface area (Å²) in [5.74, 6) is 0. The van der Waals surface area contributed by atoms with E-state index in [1.165, 1.54) is 0 Å². The first-order valence-electron chi connectivity index (χ1n) is 5.33. The van der Waals surface area contributed by atoms with Gasteiger partial charge in [0.1, 0.15) is 0 Å². The number of ether oxygens (including phenoxy) is 1. The molecule has 82 valence electrons. The first-order chi connectivity index (χ1) is 6.79. The van der Waals surface area contributed by atoms with Crippen molar-refractivity contribution >= 4 is 6.09 Å². The third kappa shape index (κ3) is 2.87. The first-order valence-corrected chi connectivity index (χ1v) is 5.33. The van der Waals surface area contributed by atoms with Gasteiger partial charge < -0.3 is 14.7 Å². The Bertz CT molecular complexity index is 184. The van der Waals surface area contributed by atoms with Crippen LogP contribution >= 0.6 is 0 Å². The van der Waals surface area contributed by atoms with Crippen molar-refractivity contribution in [2.24, 2.45) is 0 Å². The third-order valence-corrected chi connectivity index (χ3v) is 2.55.